The average Bonchev–Trinajstić information content (AvgIpc) is 3.16. The van der Waals surface area contributed by atoms with Crippen molar-refractivity contribution in [1.29, 1.82) is 0 Å². The van der Waals surface area contributed by atoms with Crippen LogP contribution in [0.25, 0.3) is 0 Å². The zero-order valence-electron chi connectivity index (χ0n) is 10.9. The molecule has 3 N–H and O–H groups in total. The molecule has 0 spiro atoms. The molecular weight excluding hydrogens is 244 g/mol. The molecule has 2 amide bonds. The van der Waals surface area contributed by atoms with Crippen LogP contribution in [-0.2, 0) is 4.79 Å². The smallest absolute Gasteiger partial charge is 0.251 e. The van der Waals surface area contributed by atoms with Crippen molar-refractivity contribution < 1.29 is 14.7 Å². The Labute approximate surface area is 112 Å². The Balaban J connectivity index is 1.76. The van der Waals surface area contributed by atoms with Gasteiger partial charge in [-0.05, 0) is 37.5 Å². The van der Waals surface area contributed by atoms with Crippen LogP contribution in [0.5, 0.6) is 5.75 Å². The molecule has 1 saturated carbocycles. The van der Waals surface area contributed by atoms with Crippen molar-refractivity contribution in [1.82, 2.24) is 10.6 Å². The van der Waals surface area contributed by atoms with Crippen LogP contribution in [0, 0.1) is 6.92 Å². The zero-order valence-corrected chi connectivity index (χ0v) is 10.9. The maximum atomic E-state index is 11.8. The van der Waals surface area contributed by atoms with E-state index in [1.54, 1.807) is 19.1 Å². The molecule has 0 aliphatic heterocycles. The van der Waals surface area contributed by atoms with Crippen LogP contribution in [0.2, 0.25) is 0 Å². The summed E-state index contributed by atoms with van der Waals surface area (Å²) in [6.45, 7) is 2.06. The van der Waals surface area contributed by atoms with Gasteiger partial charge in [-0.2, -0.15) is 0 Å². The van der Waals surface area contributed by atoms with E-state index in [9.17, 15) is 14.7 Å². The van der Waals surface area contributed by atoms with Crippen molar-refractivity contribution in [3.05, 3.63) is 29.3 Å². The van der Waals surface area contributed by atoms with Crippen molar-refractivity contribution in [2.45, 2.75) is 32.2 Å². The van der Waals surface area contributed by atoms with Crippen LogP contribution in [0.15, 0.2) is 18.2 Å². The third kappa shape index (κ3) is 3.98. The molecule has 1 fully saturated rings. The van der Waals surface area contributed by atoms with E-state index in [1.165, 1.54) is 6.07 Å². The minimum atomic E-state index is -0.283. The van der Waals surface area contributed by atoms with Crippen LogP contribution in [0.4, 0.5) is 0 Å². The number of carbonyl (C=O) groups excluding carboxylic acids is 2. The molecule has 0 saturated heterocycles. The summed E-state index contributed by atoms with van der Waals surface area (Å²) in [5.41, 5.74) is 1.12. The SMILES string of the molecule is Cc1ccc(C(=O)NCCC(=O)NC2CC2)cc1O. The Morgan fingerprint density at radius 1 is 1.37 bits per heavy atom. The summed E-state index contributed by atoms with van der Waals surface area (Å²) in [6, 6.07) is 5.10. The highest BCUT2D eigenvalue weighted by atomic mass is 16.3. The summed E-state index contributed by atoms with van der Waals surface area (Å²) in [5.74, 6) is -0.219. The maximum Gasteiger partial charge on any atom is 0.251 e. The highest BCUT2D eigenvalue weighted by Crippen LogP contribution is 2.18. The van der Waals surface area contributed by atoms with Crippen molar-refractivity contribution in [3.63, 3.8) is 0 Å². The van der Waals surface area contributed by atoms with Crippen molar-refractivity contribution >= 4 is 11.8 Å². The largest absolute Gasteiger partial charge is 0.508 e. The van der Waals surface area contributed by atoms with Crippen LogP contribution in [-0.4, -0.2) is 29.5 Å². The molecule has 5 nitrogen and oxygen atoms in total. The van der Waals surface area contributed by atoms with Gasteiger partial charge >= 0.3 is 0 Å². The van der Waals surface area contributed by atoms with E-state index < -0.39 is 0 Å². The Morgan fingerprint density at radius 2 is 2.11 bits per heavy atom. The second kappa shape index (κ2) is 5.73. The number of aromatic hydroxyl groups is 1. The van der Waals surface area contributed by atoms with E-state index in [1.807, 2.05) is 0 Å². The number of aryl methyl sites for hydroxylation is 1. The quantitative estimate of drug-likeness (QED) is 0.743. The minimum absolute atomic E-state index is 0.0328. The monoisotopic (exact) mass is 262 g/mol. The van der Waals surface area contributed by atoms with Gasteiger partial charge in [0, 0.05) is 24.6 Å². The molecule has 1 aliphatic carbocycles. The van der Waals surface area contributed by atoms with Gasteiger partial charge in [-0.15, -0.1) is 0 Å². The first kappa shape index (κ1) is 13.4. The summed E-state index contributed by atoms with van der Waals surface area (Å²) < 4.78 is 0. The molecule has 0 aromatic heterocycles. The zero-order chi connectivity index (χ0) is 13.8. The lowest BCUT2D eigenvalue weighted by Gasteiger charge is -2.07. The number of amides is 2. The molecule has 102 valence electrons. The number of hydrogen-bond donors (Lipinski definition) is 3. The number of carbonyl (C=O) groups is 2. The van der Waals surface area contributed by atoms with Crippen LogP contribution in [0.1, 0.15) is 35.2 Å². The molecule has 5 heteroatoms. The first-order chi connectivity index (χ1) is 9.06. The molecule has 0 atom stereocenters. The van der Waals surface area contributed by atoms with E-state index in [0.717, 1.165) is 18.4 Å². The highest BCUT2D eigenvalue weighted by molar-refractivity contribution is 5.94. The lowest BCUT2D eigenvalue weighted by Crippen LogP contribution is -2.31. The predicted molar refractivity (Wildman–Crippen MR) is 71.0 cm³/mol. The molecule has 0 bridgehead atoms. The van der Waals surface area contributed by atoms with Gasteiger partial charge in [0.1, 0.15) is 5.75 Å². The highest BCUT2D eigenvalue weighted by Gasteiger charge is 2.22. The average molecular weight is 262 g/mol. The Kier molecular flexibility index (Phi) is 4.04. The van der Waals surface area contributed by atoms with Crippen molar-refractivity contribution in [3.8, 4) is 5.75 Å². The fourth-order valence-electron chi connectivity index (χ4n) is 1.67. The fraction of sp³-hybridized carbons (Fsp3) is 0.429. The van der Waals surface area contributed by atoms with Crippen LogP contribution >= 0.6 is 0 Å². The van der Waals surface area contributed by atoms with Crippen molar-refractivity contribution in [2.75, 3.05) is 6.54 Å². The third-order valence-corrected chi connectivity index (χ3v) is 3.05. The minimum Gasteiger partial charge on any atom is -0.508 e. The molecule has 0 radical (unpaired) electrons. The third-order valence-electron chi connectivity index (χ3n) is 3.05. The van der Waals surface area contributed by atoms with Gasteiger partial charge < -0.3 is 15.7 Å². The number of phenolic OH excluding ortho intramolecular Hbond substituents is 1. The second-order valence-corrected chi connectivity index (χ2v) is 4.85. The van der Waals surface area contributed by atoms with Gasteiger partial charge in [-0.1, -0.05) is 6.07 Å². The topological polar surface area (TPSA) is 78.4 Å². The second-order valence-electron chi connectivity index (χ2n) is 4.85. The predicted octanol–water partition coefficient (Wildman–Crippen LogP) is 1.10. The molecule has 0 unspecified atom stereocenters. The van der Waals surface area contributed by atoms with E-state index >= 15 is 0 Å². The summed E-state index contributed by atoms with van der Waals surface area (Å²) in [6.07, 6.45) is 2.39. The number of nitrogens with one attached hydrogen (secondary N) is 2. The summed E-state index contributed by atoms with van der Waals surface area (Å²) in [4.78, 5) is 23.2. The lowest BCUT2D eigenvalue weighted by molar-refractivity contribution is -0.121. The summed E-state index contributed by atoms with van der Waals surface area (Å²) in [5, 5.41) is 15.0. The van der Waals surface area contributed by atoms with Gasteiger partial charge in [0.25, 0.3) is 5.91 Å². The molecule has 1 aromatic rings. The van der Waals surface area contributed by atoms with Crippen LogP contribution < -0.4 is 10.6 Å². The molecule has 0 heterocycles. The van der Waals surface area contributed by atoms with Gasteiger partial charge in [0.2, 0.25) is 5.91 Å². The Bertz CT molecular complexity index is 495. The maximum absolute atomic E-state index is 11.8. The molecule has 1 aromatic carbocycles. The molecular formula is C14H18N2O3. The van der Waals surface area contributed by atoms with Gasteiger partial charge in [-0.3, -0.25) is 9.59 Å². The molecule has 19 heavy (non-hydrogen) atoms. The fourth-order valence-corrected chi connectivity index (χ4v) is 1.67. The normalized spacial score (nSPS) is 13.9. The van der Waals surface area contributed by atoms with Gasteiger partial charge in [-0.25, -0.2) is 0 Å². The standard InChI is InChI=1S/C14H18N2O3/c1-9-2-3-10(8-12(9)17)14(19)15-7-6-13(18)16-11-4-5-11/h2-3,8,11,17H,4-7H2,1H3,(H,15,19)(H,16,18). The molecule has 1 aliphatic rings. The molecule has 2 rings (SSSR count). The number of rotatable bonds is 5. The Hall–Kier alpha value is -2.04. The first-order valence-electron chi connectivity index (χ1n) is 6.43. The summed E-state index contributed by atoms with van der Waals surface area (Å²) in [7, 11) is 0. The summed E-state index contributed by atoms with van der Waals surface area (Å²) >= 11 is 0. The number of hydrogen-bond acceptors (Lipinski definition) is 3. The van der Waals surface area contributed by atoms with E-state index in [-0.39, 0.29) is 24.0 Å². The van der Waals surface area contributed by atoms with Crippen LogP contribution in [0.3, 0.4) is 0 Å². The van der Waals surface area contributed by atoms with E-state index in [2.05, 4.69) is 10.6 Å². The first-order valence-corrected chi connectivity index (χ1v) is 6.43. The van der Waals surface area contributed by atoms with E-state index in [4.69, 9.17) is 0 Å². The van der Waals surface area contributed by atoms with Gasteiger partial charge in [0.15, 0.2) is 0 Å². The Morgan fingerprint density at radius 3 is 2.74 bits per heavy atom. The van der Waals surface area contributed by atoms with Gasteiger partial charge in [0.05, 0.1) is 0 Å². The lowest BCUT2D eigenvalue weighted by atomic mass is 10.1. The number of benzene rings is 1. The van der Waals surface area contributed by atoms with Crippen molar-refractivity contribution in [2.24, 2.45) is 0 Å². The number of phenols is 1. The van der Waals surface area contributed by atoms with E-state index in [0.29, 0.717) is 18.2 Å².